The van der Waals surface area contributed by atoms with E-state index in [0.717, 1.165) is 44.3 Å². The number of benzene rings is 1. The first kappa shape index (κ1) is 18.2. The molecule has 1 aromatic rings. The van der Waals surface area contributed by atoms with Gasteiger partial charge >= 0.3 is 0 Å². The Kier molecular flexibility index (Phi) is 6.42. The van der Waals surface area contributed by atoms with Crippen molar-refractivity contribution in [1.29, 1.82) is 0 Å². The summed E-state index contributed by atoms with van der Waals surface area (Å²) in [4.78, 5) is 14.8. The van der Waals surface area contributed by atoms with Crippen LogP contribution in [0.5, 0.6) is 0 Å². The monoisotopic (exact) mass is 340 g/mol. The number of hydrogen-bond donors (Lipinski definition) is 1. The Morgan fingerprint density at radius 3 is 2.91 bits per heavy atom. The fourth-order valence-corrected chi connectivity index (χ4v) is 3.93. The van der Waals surface area contributed by atoms with Crippen LogP contribution in [-0.2, 0) is 11.2 Å². The molecule has 1 amide bonds. The predicted octanol–water partition coefficient (Wildman–Crippen LogP) is 3.17. The Labute approximate surface area is 144 Å². The highest BCUT2D eigenvalue weighted by Crippen LogP contribution is 2.29. The molecule has 2 aliphatic heterocycles. The molecule has 0 aliphatic carbocycles. The van der Waals surface area contributed by atoms with Gasteiger partial charge in [-0.05, 0) is 55.8 Å². The van der Waals surface area contributed by atoms with Crippen molar-refractivity contribution < 1.29 is 9.18 Å². The number of carbonyl (C=O) groups is 1. The van der Waals surface area contributed by atoms with Crippen molar-refractivity contribution in [3.63, 3.8) is 0 Å². The lowest BCUT2D eigenvalue weighted by atomic mass is 9.97. The van der Waals surface area contributed by atoms with Crippen molar-refractivity contribution in [3.05, 3.63) is 35.6 Å². The molecule has 128 valence electrons. The van der Waals surface area contributed by atoms with Crippen LogP contribution in [0.15, 0.2) is 24.3 Å². The first-order valence-corrected chi connectivity index (χ1v) is 8.40. The summed E-state index contributed by atoms with van der Waals surface area (Å²) in [6.07, 6.45) is 4.66. The fraction of sp³-hybridized carbons (Fsp3) is 0.611. The van der Waals surface area contributed by atoms with Gasteiger partial charge in [-0.1, -0.05) is 19.1 Å². The molecule has 2 bridgehead atoms. The largest absolute Gasteiger partial charge is 0.335 e. The molecule has 3 rings (SSSR count). The highest BCUT2D eigenvalue weighted by atomic mass is 35.5. The number of rotatable bonds is 4. The average molecular weight is 341 g/mol. The summed E-state index contributed by atoms with van der Waals surface area (Å²) in [5.41, 5.74) is 0.973. The maximum atomic E-state index is 13.2. The third-order valence-electron chi connectivity index (χ3n) is 4.94. The molecule has 5 heteroatoms. The lowest BCUT2D eigenvalue weighted by Gasteiger charge is -2.29. The Morgan fingerprint density at radius 1 is 1.35 bits per heavy atom. The van der Waals surface area contributed by atoms with Crippen LogP contribution in [0.25, 0.3) is 0 Å². The standard InChI is InChI=1S/C18H25FN2O.ClH/c1-13(9-14-3-2-4-15(19)11-14)10-18(22)21-16-5-6-17(21)12-20-8-7-16;/h2-4,11,13,16-17,20H,5-10,12H2,1H3;1H. The minimum atomic E-state index is -0.201. The molecule has 3 atom stereocenters. The molecule has 1 N–H and O–H groups in total. The van der Waals surface area contributed by atoms with Gasteiger partial charge in [0.15, 0.2) is 0 Å². The number of carbonyl (C=O) groups excluding carboxylic acids is 1. The van der Waals surface area contributed by atoms with Gasteiger partial charge in [0, 0.05) is 25.0 Å². The smallest absolute Gasteiger partial charge is 0.223 e. The van der Waals surface area contributed by atoms with Crippen LogP contribution in [0.2, 0.25) is 0 Å². The van der Waals surface area contributed by atoms with Crippen molar-refractivity contribution in [2.75, 3.05) is 13.1 Å². The van der Waals surface area contributed by atoms with Gasteiger partial charge < -0.3 is 10.2 Å². The highest BCUT2D eigenvalue weighted by Gasteiger charge is 2.37. The zero-order valence-electron chi connectivity index (χ0n) is 13.6. The van der Waals surface area contributed by atoms with Crippen molar-refractivity contribution in [2.45, 2.75) is 51.1 Å². The maximum Gasteiger partial charge on any atom is 0.223 e. The number of nitrogens with one attached hydrogen (secondary N) is 1. The van der Waals surface area contributed by atoms with Crippen LogP contribution >= 0.6 is 12.4 Å². The summed E-state index contributed by atoms with van der Waals surface area (Å²) in [6, 6.07) is 7.50. The molecule has 0 saturated carbocycles. The van der Waals surface area contributed by atoms with E-state index in [4.69, 9.17) is 0 Å². The van der Waals surface area contributed by atoms with Crippen LogP contribution < -0.4 is 5.32 Å². The second kappa shape index (κ2) is 8.11. The number of halogens is 2. The SMILES string of the molecule is CC(CC(=O)N1C2CCNCC1CC2)Cc1cccc(F)c1.Cl. The van der Waals surface area contributed by atoms with Gasteiger partial charge in [0.1, 0.15) is 5.82 Å². The van der Waals surface area contributed by atoms with Gasteiger partial charge in [-0.2, -0.15) is 0 Å². The number of amides is 1. The molecule has 3 nitrogen and oxygen atoms in total. The zero-order valence-corrected chi connectivity index (χ0v) is 14.4. The Morgan fingerprint density at radius 2 is 2.13 bits per heavy atom. The number of fused-ring (bicyclic) bond motifs is 2. The van der Waals surface area contributed by atoms with Crippen LogP contribution in [0.4, 0.5) is 4.39 Å². The van der Waals surface area contributed by atoms with E-state index in [1.807, 2.05) is 6.07 Å². The molecular weight excluding hydrogens is 315 g/mol. The third-order valence-corrected chi connectivity index (χ3v) is 4.94. The topological polar surface area (TPSA) is 32.3 Å². The van der Waals surface area contributed by atoms with Gasteiger partial charge in [-0.15, -0.1) is 12.4 Å². The molecule has 0 spiro atoms. The van der Waals surface area contributed by atoms with Gasteiger partial charge in [0.2, 0.25) is 5.91 Å². The summed E-state index contributed by atoms with van der Waals surface area (Å²) in [5, 5.41) is 3.43. The van der Waals surface area contributed by atoms with Crippen LogP contribution in [-0.4, -0.2) is 36.0 Å². The number of hydrogen-bond acceptors (Lipinski definition) is 2. The van der Waals surface area contributed by atoms with Gasteiger partial charge in [0.25, 0.3) is 0 Å². The molecule has 2 heterocycles. The van der Waals surface area contributed by atoms with Crippen LogP contribution in [0.3, 0.4) is 0 Å². The Balaban J connectivity index is 0.00000192. The molecule has 2 aliphatic rings. The second-order valence-electron chi connectivity index (χ2n) is 6.82. The lowest BCUT2D eigenvalue weighted by molar-refractivity contribution is -0.134. The fourth-order valence-electron chi connectivity index (χ4n) is 3.93. The highest BCUT2D eigenvalue weighted by molar-refractivity contribution is 5.85. The van der Waals surface area contributed by atoms with E-state index in [1.165, 1.54) is 6.07 Å². The van der Waals surface area contributed by atoms with E-state index < -0.39 is 0 Å². The normalized spacial score (nSPS) is 24.7. The quantitative estimate of drug-likeness (QED) is 0.913. The number of nitrogens with zero attached hydrogens (tertiary/aromatic N) is 1. The van der Waals surface area contributed by atoms with Gasteiger partial charge in [0.05, 0.1) is 0 Å². The molecule has 2 fully saturated rings. The Hall–Kier alpha value is -1.13. The van der Waals surface area contributed by atoms with E-state index in [-0.39, 0.29) is 30.0 Å². The van der Waals surface area contributed by atoms with Crippen molar-refractivity contribution in [1.82, 2.24) is 10.2 Å². The summed E-state index contributed by atoms with van der Waals surface area (Å²) in [5.74, 6) is 0.317. The molecule has 23 heavy (non-hydrogen) atoms. The average Bonchev–Trinajstić information content (AvgIpc) is 2.72. The summed E-state index contributed by atoms with van der Waals surface area (Å²) in [7, 11) is 0. The maximum absolute atomic E-state index is 13.2. The zero-order chi connectivity index (χ0) is 15.5. The third kappa shape index (κ3) is 4.45. The molecule has 2 saturated heterocycles. The van der Waals surface area contributed by atoms with E-state index in [1.54, 1.807) is 12.1 Å². The van der Waals surface area contributed by atoms with Crippen molar-refractivity contribution >= 4 is 18.3 Å². The first-order valence-electron chi connectivity index (χ1n) is 8.40. The van der Waals surface area contributed by atoms with Crippen LogP contribution in [0, 0.1) is 11.7 Å². The minimum absolute atomic E-state index is 0. The van der Waals surface area contributed by atoms with E-state index in [0.29, 0.717) is 18.5 Å². The Bertz CT molecular complexity index is 526. The van der Waals surface area contributed by atoms with E-state index in [2.05, 4.69) is 17.1 Å². The lowest BCUT2D eigenvalue weighted by Crippen LogP contribution is -2.43. The van der Waals surface area contributed by atoms with E-state index in [9.17, 15) is 9.18 Å². The van der Waals surface area contributed by atoms with Crippen molar-refractivity contribution in [2.24, 2.45) is 5.92 Å². The van der Waals surface area contributed by atoms with Crippen molar-refractivity contribution in [3.8, 4) is 0 Å². The molecule has 0 radical (unpaired) electrons. The van der Waals surface area contributed by atoms with Gasteiger partial charge in [-0.25, -0.2) is 4.39 Å². The van der Waals surface area contributed by atoms with E-state index >= 15 is 0 Å². The molecule has 1 aromatic carbocycles. The molecule has 3 unspecified atom stereocenters. The summed E-state index contributed by atoms with van der Waals surface area (Å²) >= 11 is 0. The molecular formula is C18H26ClFN2O. The second-order valence-corrected chi connectivity index (χ2v) is 6.82. The first-order chi connectivity index (χ1) is 10.6. The summed E-state index contributed by atoms with van der Waals surface area (Å²) < 4.78 is 13.2. The summed E-state index contributed by atoms with van der Waals surface area (Å²) in [6.45, 7) is 4.03. The predicted molar refractivity (Wildman–Crippen MR) is 92.3 cm³/mol. The minimum Gasteiger partial charge on any atom is -0.335 e. The molecule has 0 aromatic heterocycles. The van der Waals surface area contributed by atoms with Crippen LogP contribution in [0.1, 0.15) is 38.2 Å². The van der Waals surface area contributed by atoms with Gasteiger partial charge in [-0.3, -0.25) is 4.79 Å².